The lowest BCUT2D eigenvalue weighted by molar-refractivity contribution is -0.138. The fraction of sp³-hybridized carbons (Fsp3) is 0.647. The van der Waals surface area contributed by atoms with Crippen molar-refractivity contribution in [2.75, 3.05) is 11.9 Å². The fourth-order valence-electron chi connectivity index (χ4n) is 2.79. The number of rotatable bonds is 7. The van der Waals surface area contributed by atoms with Gasteiger partial charge in [0.25, 0.3) is 0 Å². The maximum atomic E-state index is 12.5. The molecule has 1 fully saturated rings. The van der Waals surface area contributed by atoms with Gasteiger partial charge >= 0.3 is 6.18 Å². The molecule has 0 spiro atoms. The maximum Gasteiger partial charge on any atom is 0.445 e. The minimum absolute atomic E-state index is 0.116. The Kier molecular flexibility index (Phi) is 7.93. The second kappa shape index (κ2) is 9.97. The Bertz CT molecular complexity index is 699. The van der Waals surface area contributed by atoms with Crippen molar-refractivity contribution in [3.63, 3.8) is 0 Å². The molecule has 1 aliphatic rings. The Morgan fingerprint density at radius 1 is 1.32 bits per heavy atom. The number of nitrogens with zero attached hydrogens (tertiary/aromatic N) is 2. The first kappa shape index (κ1) is 22.3. The van der Waals surface area contributed by atoms with Crippen LogP contribution in [0.3, 0.4) is 0 Å². The van der Waals surface area contributed by atoms with Crippen molar-refractivity contribution in [1.82, 2.24) is 20.8 Å². The standard InChI is InChI=1S/C17H24F3N5O2S/c1-10(2)9-11(22-14(27)12-5-3-4-8-21-12)6-7-13(26)23-16-25-24-15(28-16)17(18,19)20/h6-7,10-12,21H,3-5,8-9H2,1-2H3,(H,22,27)(H,23,25,26). The van der Waals surface area contributed by atoms with Crippen LogP contribution in [-0.4, -0.2) is 40.6 Å². The van der Waals surface area contributed by atoms with E-state index in [0.717, 1.165) is 25.8 Å². The second-order valence-corrected chi connectivity index (χ2v) is 7.98. The summed E-state index contributed by atoms with van der Waals surface area (Å²) in [6.07, 6.45) is 1.55. The molecule has 2 unspecified atom stereocenters. The molecular weight excluding hydrogens is 395 g/mol. The molecule has 3 N–H and O–H groups in total. The Balaban J connectivity index is 1.94. The van der Waals surface area contributed by atoms with E-state index in [1.165, 1.54) is 6.08 Å². The number of hydrogen-bond acceptors (Lipinski definition) is 6. The molecule has 0 radical (unpaired) electrons. The minimum Gasteiger partial charge on any atom is -0.349 e. The van der Waals surface area contributed by atoms with Crippen molar-refractivity contribution in [3.8, 4) is 0 Å². The van der Waals surface area contributed by atoms with Crippen molar-refractivity contribution in [2.24, 2.45) is 5.92 Å². The minimum atomic E-state index is -4.60. The molecule has 2 rings (SSSR count). The molecule has 1 aromatic rings. The number of halogens is 3. The number of amides is 2. The third kappa shape index (κ3) is 7.19. The molecule has 0 saturated carbocycles. The average Bonchev–Trinajstić information content (AvgIpc) is 3.09. The van der Waals surface area contributed by atoms with Crippen LogP contribution >= 0.6 is 11.3 Å². The van der Waals surface area contributed by atoms with Crippen LogP contribution in [0.5, 0.6) is 0 Å². The molecule has 0 bridgehead atoms. The predicted octanol–water partition coefficient (Wildman–Crippen LogP) is 2.72. The molecule has 7 nitrogen and oxygen atoms in total. The molecule has 0 aromatic carbocycles. The number of piperidine rings is 1. The number of aromatic nitrogens is 2. The van der Waals surface area contributed by atoms with Gasteiger partial charge in [-0.2, -0.15) is 13.2 Å². The summed E-state index contributed by atoms with van der Waals surface area (Å²) in [5.74, 6) is -0.479. The van der Waals surface area contributed by atoms with Gasteiger partial charge in [0, 0.05) is 12.1 Å². The quantitative estimate of drug-likeness (QED) is 0.591. The largest absolute Gasteiger partial charge is 0.445 e. The van der Waals surface area contributed by atoms with Gasteiger partial charge in [0.05, 0.1) is 6.04 Å². The van der Waals surface area contributed by atoms with Crippen LogP contribution in [0.1, 0.15) is 44.5 Å². The summed E-state index contributed by atoms with van der Waals surface area (Å²) in [6.45, 7) is 4.78. The van der Waals surface area contributed by atoms with Gasteiger partial charge in [-0.25, -0.2) is 0 Å². The Morgan fingerprint density at radius 3 is 2.64 bits per heavy atom. The highest BCUT2D eigenvalue weighted by Crippen LogP contribution is 2.32. The Morgan fingerprint density at radius 2 is 2.07 bits per heavy atom. The van der Waals surface area contributed by atoms with Crippen molar-refractivity contribution in [1.29, 1.82) is 0 Å². The van der Waals surface area contributed by atoms with Crippen LogP contribution < -0.4 is 16.0 Å². The number of anilines is 1. The van der Waals surface area contributed by atoms with Gasteiger partial charge < -0.3 is 10.6 Å². The summed E-state index contributed by atoms with van der Waals surface area (Å²) in [5.41, 5.74) is 0. The van der Waals surface area contributed by atoms with E-state index in [1.807, 2.05) is 13.8 Å². The smallest absolute Gasteiger partial charge is 0.349 e. The summed E-state index contributed by atoms with van der Waals surface area (Å²) < 4.78 is 37.6. The first-order chi connectivity index (χ1) is 13.1. The highest BCUT2D eigenvalue weighted by atomic mass is 32.1. The van der Waals surface area contributed by atoms with Gasteiger partial charge in [-0.05, 0) is 31.7 Å². The van der Waals surface area contributed by atoms with Gasteiger partial charge in [0.15, 0.2) is 0 Å². The first-order valence-corrected chi connectivity index (χ1v) is 9.90. The fourth-order valence-corrected chi connectivity index (χ4v) is 3.41. The van der Waals surface area contributed by atoms with Crippen LogP contribution in [0.25, 0.3) is 0 Å². The van der Waals surface area contributed by atoms with Crippen LogP contribution in [0.15, 0.2) is 12.2 Å². The van der Waals surface area contributed by atoms with Gasteiger partial charge in [-0.1, -0.05) is 37.7 Å². The zero-order valence-electron chi connectivity index (χ0n) is 15.7. The summed E-state index contributed by atoms with van der Waals surface area (Å²) >= 11 is 0.251. The third-order valence-electron chi connectivity index (χ3n) is 4.06. The highest BCUT2D eigenvalue weighted by Gasteiger charge is 2.35. The lowest BCUT2D eigenvalue weighted by Gasteiger charge is -2.25. The summed E-state index contributed by atoms with van der Waals surface area (Å²) in [5, 5.41) is 13.3. The summed E-state index contributed by atoms with van der Waals surface area (Å²) in [4.78, 5) is 24.4. The van der Waals surface area contributed by atoms with E-state index < -0.39 is 17.1 Å². The molecule has 11 heteroatoms. The molecule has 28 heavy (non-hydrogen) atoms. The molecule has 0 aliphatic carbocycles. The van der Waals surface area contributed by atoms with E-state index in [-0.39, 0.29) is 40.4 Å². The number of nitrogens with one attached hydrogen (secondary N) is 3. The average molecular weight is 419 g/mol. The SMILES string of the molecule is CC(C)CC(C=CC(=O)Nc1nnc(C(F)(F)F)s1)NC(=O)C1CCCCN1. The van der Waals surface area contributed by atoms with E-state index in [0.29, 0.717) is 6.42 Å². The second-order valence-electron chi connectivity index (χ2n) is 7.01. The summed E-state index contributed by atoms with van der Waals surface area (Å²) in [6, 6.07) is -0.602. The van der Waals surface area contributed by atoms with Crippen molar-refractivity contribution in [3.05, 3.63) is 17.2 Å². The van der Waals surface area contributed by atoms with Gasteiger partial charge in [-0.3, -0.25) is 14.9 Å². The molecule has 2 amide bonds. The summed E-state index contributed by atoms with van der Waals surface area (Å²) in [7, 11) is 0. The zero-order valence-corrected chi connectivity index (χ0v) is 16.5. The lowest BCUT2D eigenvalue weighted by atomic mass is 10.0. The Labute approximate surface area is 165 Å². The molecule has 2 atom stereocenters. The van der Waals surface area contributed by atoms with E-state index in [4.69, 9.17) is 0 Å². The van der Waals surface area contributed by atoms with E-state index >= 15 is 0 Å². The van der Waals surface area contributed by atoms with Gasteiger partial charge in [-0.15, -0.1) is 10.2 Å². The van der Waals surface area contributed by atoms with E-state index in [2.05, 4.69) is 26.1 Å². The van der Waals surface area contributed by atoms with Crippen LogP contribution in [-0.2, 0) is 15.8 Å². The molecular formula is C17H24F3N5O2S. The van der Waals surface area contributed by atoms with Crippen molar-refractivity contribution >= 4 is 28.3 Å². The Hall–Kier alpha value is -2.01. The molecule has 1 aromatic heterocycles. The predicted molar refractivity (Wildman–Crippen MR) is 99.7 cm³/mol. The van der Waals surface area contributed by atoms with E-state index in [1.54, 1.807) is 6.08 Å². The van der Waals surface area contributed by atoms with E-state index in [9.17, 15) is 22.8 Å². The topological polar surface area (TPSA) is 96.0 Å². The van der Waals surface area contributed by atoms with Gasteiger partial charge in [0.1, 0.15) is 0 Å². The number of hydrogen-bond donors (Lipinski definition) is 3. The maximum absolute atomic E-state index is 12.5. The molecule has 156 valence electrons. The monoisotopic (exact) mass is 419 g/mol. The third-order valence-corrected chi connectivity index (χ3v) is 4.94. The first-order valence-electron chi connectivity index (χ1n) is 9.09. The zero-order chi connectivity index (χ0) is 20.7. The lowest BCUT2D eigenvalue weighted by Crippen LogP contribution is -2.49. The van der Waals surface area contributed by atoms with Gasteiger partial charge in [0.2, 0.25) is 22.0 Å². The number of alkyl halides is 3. The normalized spacial score (nSPS) is 19.0. The van der Waals surface area contributed by atoms with Crippen molar-refractivity contribution in [2.45, 2.75) is 57.8 Å². The van der Waals surface area contributed by atoms with Crippen LogP contribution in [0, 0.1) is 5.92 Å². The van der Waals surface area contributed by atoms with Crippen LogP contribution in [0.4, 0.5) is 18.3 Å². The number of carbonyl (C=O) groups excluding carboxylic acids is 2. The van der Waals surface area contributed by atoms with Crippen molar-refractivity contribution < 1.29 is 22.8 Å². The number of carbonyl (C=O) groups is 2. The highest BCUT2D eigenvalue weighted by molar-refractivity contribution is 7.15. The van der Waals surface area contributed by atoms with Crippen LogP contribution in [0.2, 0.25) is 0 Å². The molecule has 2 heterocycles. The molecule has 1 saturated heterocycles. The molecule has 1 aliphatic heterocycles.